The molecule has 0 bridgehead atoms. The Labute approximate surface area is 145 Å². The summed E-state index contributed by atoms with van der Waals surface area (Å²) in [5.41, 5.74) is 0.108. The number of rotatable bonds is 2. The molecule has 0 unspecified atom stereocenters. The molecule has 0 spiro atoms. The van der Waals surface area contributed by atoms with Gasteiger partial charge in [0.2, 0.25) is 0 Å². The van der Waals surface area contributed by atoms with Crippen LogP contribution in [0.15, 0.2) is 24.3 Å². The van der Waals surface area contributed by atoms with E-state index < -0.39 is 17.7 Å². The maximum atomic E-state index is 12.8. The number of piperidine rings is 1. The highest BCUT2D eigenvalue weighted by atomic mass is 127. The molecule has 0 N–H and O–H groups in total. The maximum absolute atomic E-state index is 12.8. The second-order valence-corrected chi connectivity index (χ2v) is 7.81. The molecule has 0 saturated carbocycles. The first kappa shape index (κ1) is 17.2. The molecule has 1 heterocycles. The van der Waals surface area contributed by atoms with E-state index in [2.05, 4.69) is 22.6 Å². The summed E-state index contributed by atoms with van der Waals surface area (Å²) in [7, 11) is 0. The van der Waals surface area contributed by atoms with Crippen LogP contribution in [0, 0.1) is 3.57 Å². The number of Topliss-reactive ketones (excluding diaryl/α,β-unsaturated/α-hetero) is 1. The summed E-state index contributed by atoms with van der Waals surface area (Å²) in [5.74, 6) is 0.00377. The molecular formula is C17H22INO3. The number of nitrogens with zero attached hydrogens (tertiary/aromatic N) is 1. The summed E-state index contributed by atoms with van der Waals surface area (Å²) >= 11 is 2.19. The van der Waals surface area contributed by atoms with Crippen molar-refractivity contribution in [1.29, 1.82) is 0 Å². The van der Waals surface area contributed by atoms with Gasteiger partial charge in [0, 0.05) is 15.7 Å². The Morgan fingerprint density at radius 1 is 1.27 bits per heavy atom. The van der Waals surface area contributed by atoms with E-state index in [9.17, 15) is 9.59 Å². The van der Waals surface area contributed by atoms with Gasteiger partial charge in [0.05, 0.1) is 6.04 Å². The Balaban J connectivity index is 2.19. The zero-order valence-corrected chi connectivity index (χ0v) is 15.4. The van der Waals surface area contributed by atoms with Gasteiger partial charge in [-0.3, -0.25) is 9.69 Å². The van der Waals surface area contributed by atoms with Crippen molar-refractivity contribution in [2.45, 2.75) is 51.7 Å². The largest absolute Gasteiger partial charge is 0.444 e. The van der Waals surface area contributed by atoms with Crippen LogP contribution in [0.5, 0.6) is 0 Å². The van der Waals surface area contributed by atoms with Crippen molar-refractivity contribution in [2.75, 3.05) is 6.54 Å². The van der Waals surface area contributed by atoms with Crippen LogP contribution in [0.25, 0.3) is 0 Å². The lowest BCUT2D eigenvalue weighted by atomic mass is 9.95. The minimum atomic E-state index is -0.551. The molecule has 1 amide bonds. The van der Waals surface area contributed by atoms with Gasteiger partial charge >= 0.3 is 6.09 Å². The summed E-state index contributed by atoms with van der Waals surface area (Å²) in [4.78, 5) is 26.8. The topological polar surface area (TPSA) is 46.6 Å². The molecule has 1 saturated heterocycles. The SMILES string of the molecule is CC(C)(C)OC(=O)N1CCCC[C@H]1C(=O)c1cccc(I)c1. The first-order chi connectivity index (χ1) is 10.3. The number of benzene rings is 1. The molecule has 2 rings (SSSR count). The standard InChI is InChI=1S/C17H22INO3/c1-17(2,3)22-16(21)19-10-5-4-9-14(19)15(20)12-7-6-8-13(18)11-12/h6-8,11,14H,4-5,9-10H2,1-3H3/t14-/m0/s1. The average Bonchev–Trinajstić information content (AvgIpc) is 2.44. The van der Waals surface area contributed by atoms with Crippen molar-refractivity contribution >= 4 is 34.5 Å². The van der Waals surface area contributed by atoms with Crippen molar-refractivity contribution < 1.29 is 14.3 Å². The van der Waals surface area contributed by atoms with Crippen LogP contribution < -0.4 is 0 Å². The van der Waals surface area contributed by atoms with Crippen LogP contribution >= 0.6 is 22.6 Å². The Bertz CT molecular complexity index is 565. The smallest absolute Gasteiger partial charge is 0.410 e. The number of hydrogen-bond donors (Lipinski definition) is 0. The number of halogens is 1. The van der Waals surface area contributed by atoms with Gasteiger partial charge in [0.25, 0.3) is 0 Å². The summed E-state index contributed by atoms with van der Waals surface area (Å²) < 4.78 is 6.47. The molecule has 5 heteroatoms. The highest BCUT2D eigenvalue weighted by Gasteiger charge is 2.35. The highest BCUT2D eigenvalue weighted by Crippen LogP contribution is 2.24. The van der Waals surface area contributed by atoms with Gasteiger partial charge in [-0.1, -0.05) is 12.1 Å². The first-order valence-electron chi connectivity index (χ1n) is 7.57. The predicted molar refractivity (Wildman–Crippen MR) is 94.1 cm³/mol. The summed E-state index contributed by atoms with van der Waals surface area (Å²) in [6.45, 7) is 6.09. The fourth-order valence-electron chi connectivity index (χ4n) is 2.58. The number of likely N-dealkylation sites (tertiary alicyclic amines) is 1. The quantitative estimate of drug-likeness (QED) is 0.536. The average molecular weight is 415 g/mol. The van der Waals surface area contributed by atoms with Crippen molar-refractivity contribution in [3.63, 3.8) is 0 Å². The van der Waals surface area contributed by atoms with E-state index in [4.69, 9.17) is 4.74 Å². The number of ketones is 1. The molecule has 1 atom stereocenters. The summed E-state index contributed by atoms with van der Waals surface area (Å²) in [6.07, 6.45) is 2.18. The van der Waals surface area contributed by atoms with Gasteiger partial charge in [-0.15, -0.1) is 0 Å². The second-order valence-electron chi connectivity index (χ2n) is 6.56. The van der Waals surface area contributed by atoms with E-state index >= 15 is 0 Å². The van der Waals surface area contributed by atoms with E-state index in [0.29, 0.717) is 18.5 Å². The van der Waals surface area contributed by atoms with Crippen LogP contribution in [-0.4, -0.2) is 35.0 Å². The van der Waals surface area contributed by atoms with Crippen molar-refractivity contribution in [1.82, 2.24) is 4.90 Å². The van der Waals surface area contributed by atoms with Crippen LogP contribution in [0.2, 0.25) is 0 Å². The third kappa shape index (κ3) is 4.44. The molecule has 0 aromatic heterocycles. The van der Waals surface area contributed by atoms with Crippen LogP contribution in [0.4, 0.5) is 4.79 Å². The van der Waals surface area contributed by atoms with Crippen molar-refractivity contribution in [3.05, 3.63) is 33.4 Å². The zero-order valence-electron chi connectivity index (χ0n) is 13.3. The van der Waals surface area contributed by atoms with Crippen molar-refractivity contribution in [3.8, 4) is 0 Å². The predicted octanol–water partition coefficient (Wildman–Crippen LogP) is 4.26. The van der Waals surface area contributed by atoms with E-state index in [1.807, 2.05) is 45.0 Å². The minimum absolute atomic E-state index is 0.00377. The van der Waals surface area contributed by atoms with Crippen LogP contribution in [-0.2, 0) is 4.74 Å². The first-order valence-corrected chi connectivity index (χ1v) is 8.65. The molecule has 1 fully saturated rings. The fourth-order valence-corrected chi connectivity index (χ4v) is 3.12. The molecule has 4 nitrogen and oxygen atoms in total. The van der Waals surface area contributed by atoms with Gasteiger partial charge in [-0.05, 0) is 74.8 Å². The Kier molecular flexibility index (Phi) is 5.47. The lowest BCUT2D eigenvalue weighted by Gasteiger charge is -2.35. The number of ether oxygens (including phenoxy) is 1. The van der Waals surface area contributed by atoms with Gasteiger partial charge in [0.15, 0.2) is 5.78 Å². The van der Waals surface area contributed by atoms with E-state index in [-0.39, 0.29) is 5.78 Å². The fraction of sp³-hybridized carbons (Fsp3) is 0.529. The van der Waals surface area contributed by atoms with Gasteiger partial charge in [-0.2, -0.15) is 0 Å². The molecule has 22 heavy (non-hydrogen) atoms. The molecule has 120 valence electrons. The number of amides is 1. The third-order valence-electron chi connectivity index (χ3n) is 3.54. The molecule has 1 aliphatic rings. The van der Waals surface area contributed by atoms with Crippen molar-refractivity contribution in [2.24, 2.45) is 0 Å². The van der Waals surface area contributed by atoms with Gasteiger partial charge < -0.3 is 4.74 Å². The lowest BCUT2D eigenvalue weighted by Crippen LogP contribution is -2.49. The number of carbonyl (C=O) groups excluding carboxylic acids is 2. The second kappa shape index (κ2) is 6.98. The zero-order chi connectivity index (χ0) is 16.3. The summed E-state index contributed by atoms with van der Waals surface area (Å²) in [5, 5.41) is 0. The van der Waals surface area contributed by atoms with E-state index in [1.54, 1.807) is 4.90 Å². The number of hydrogen-bond acceptors (Lipinski definition) is 3. The molecule has 0 aliphatic carbocycles. The Morgan fingerprint density at radius 2 is 2.00 bits per heavy atom. The summed E-state index contributed by atoms with van der Waals surface area (Å²) in [6, 6.07) is 7.08. The molecule has 1 aromatic carbocycles. The maximum Gasteiger partial charge on any atom is 0.410 e. The molecule has 1 aliphatic heterocycles. The minimum Gasteiger partial charge on any atom is -0.444 e. The molecule has 1 aromatic rings. The number of carbonyl (C=O) groups is 2. The van der Waals surface area contributed by atoms with Gasteiger partial charge in [-0.25, -0.2) is 4.79 Å². The van der Waals surface area contributed by atoms with Crippen LogP contribution in [0.3, 0.4) is 0 Å². The monoisotopic (exact) mass is 415 g/mol. The normalized spacial score (nSPS) is 18.9. The molecular weight excluding hydrogens is 393 g/mol. The van der Waals surface area contributed by atoms with E-state index in [1.165, 1.54) is 0 Å². The highest BCUT2D eigenvalue weighted by molar-refractivity contribution is 14.1. The van der Waals surface area contributed by atoms with Crippen LogP contribution in [0.1, 0.15) is 50.4 Å². The molecule has 0 radical (unpaired) electrons. The van der Waals surface area contributed by atoms with E-state index in [0.717, 1.165) is 16.4 Å². The van der Waals surface area contributed by atoms with Gasteiger partial charge in [0.1, 0.15) is 5.60 Å². The Morgan fingerprint density at radius 3 is 2.64 bits per heavy atom. The third-order valence-corrected chi connectivity index (χ3v) is 4.21. The Hall–Kier alpha value is -1.11. The lowest BCUT2D eigenvalue weighted by molar-refractivity contribution is 0.0105.